The summed E-state index contributed by atoms with van der Waals surface area (Å²) < 4.78 is 23.3. The van der Waals surface area contributed by atoms with Crippen molar-refractivity contribution < 1.29 is 13.2 Å². The van der Waals surface area contributed by atoms with Crippen molar-refractivity contribution in [1.29, 1.82) is 0 Å². The first-order valence-corrected chi connectivity index (χ1v) is 10.4. The number of nitrogens with zero attached hydrogens (tertiary/aromatic N) is 3. The molecule has 2 aliphatic rings. The van der Waals surface area contributed by atoms with Crippen molar-refractivity contribution in [3.05, 3.63) is 24.0 Å². The molecule has 0 radical (unpaired) electrons. The predicted molar refractivity (Wildman–Crippen MR) is 94.0 cm³/mol. The number of rotatable bonds is 3. The Morgan fingerprint density at radius 2 is 2.12 bits per heavy atom. The second kappa shape index (κ2) is 6.70. The summed E-state index contributed by atoms with van der Waals surface area (Å²) in [6, 6.07) is 3.59. The monoisotopic (exact) mass is 351 g/mol. The molecule has 1 aromatic rings. The zero-order valence-electron chi connectivity index (χ0n) is 14.3. The van der Waals surface area contributed by atoms with Crippen molar-refractivity contribution in [2.45, 2.75) is 32.2 Å². The molecule has 3 heterocycles. The van der Waals surface area contributed by atoms with Crippen molar-refractivity contribution in [3.63, 3.8) is 0 Å². The van der Waals surface area contributed by atoms with Crippen LogP contribution in [0, 0.1) is 5.92 Å². The van der Waals surface area contributed by atoms with Crippen molar-refractivity contribution in [2.24, 2.45) is 5.92 Å². The van der Waals surface area contributed by atoms with E-state index in [0.29, 0.717) is 18.0 Å². The van der Waals surface area contributed by atoms with Gasteiger partial charge in [0, 0.05) is 26.2 Å². The second-order valence-electron chi connectivity index (χ2n) is 7.07. The van der Waals surface area contributed by atoms with Crippen LogP contribution < -0.4 is 4.90 Å². The quantitative estimate of drug-likeness (QED) is 0.827. The molecule has 24 heavy (non-hydrogen) atoms. The zero-order chi connectivity index (χ0) is 17.3. The van der Waals surface area contributed by atoms with Crippen LogP contribution in [0.1, 0.15) is 36.7 Å². The Morgan fingerprint density at radius 3 is 2.71 bits per heavy atom. The fourth-order valence-corrected chi connectivity index (χ4v) is 5.32. The van der Waals surface area contributed by atoms with Gasteiger partial charge in [0.05, 0.1) is 23.4 Å². The maximum Gasteiger partial charge on any atom is 0.272 e. The molecule has 0 N–H and O–H groups in total. The van der Waals surface area contributed by atoms with Crippen molar-refractivity contribution >= 4 is 21.4 Å². The van der Waals surface area contributed by atoms with Crippen LogP contribution in [0.3, 0.4) is 0 Å². The molecule has 3 rings (SSSR count). The topological polar surface area (TPSA) is 70.6 Å². The lowest BCUT2D eigenvalue weighted by Gasteiger charge is -2.31. The Balaban J connectivity index is 1.68. The number of carbonyl (C=O) groups is 1. The van der Waals surface area contributed by atoms with Crippen LogP contribution in [0.5, 0.6) is 0 Å². The van der Waals surface area contributed by atoms with Gasteiger partial charge in [0.25, 0.3) is 5.91 Å². The molecule has 0 aliphatic carbocycles. The van der Waals surface area contributed by atoms with Gasteiger partial charge in [-0.05, 0) is 37.3 Å². The van der Waals surface area contributed by atoms with Crippen LogP contribution in [0.4, 0.5) is 5.69 Å². The highest BCUT2D eigenvalue weighted by Gasteiger charge is 2.31. The van der Waals surface area contributed by atoms with Gasteiger partial charge in [0.2, 0.25) is 0 Å². The van der Waals surface area contributed by atoms with E-state index in [9.17, 15) is 13.2 Å². The molecule has 0 aromatic carbocycles. The standard InChI is InChI=1S/C17H25N3O3S/c1-13-4-3-8-20(11-13)17(21)16-6-5-14(10-18-16)19(2)15-7-9-24(22,23)12-15/h5-6,10,13,15H,3-4,7-9,11-12H2,1-2H3. The summed E-state index contributed by atoms with van der Waals surface area (Å²) in [7, 11) is -1.03. The van der Waals surface area contributed by atoms with Crippen molar-refractivity contribution in [1.82, 2.24) is 9.88 Å². The molecule has 132 valence electrons. The number of amides is 1. The number of anilines is 1. The Labute approximate surface area is 143 Å². The van der Waals surface area contributed by atoms with Gasteiger partial charge < -0.3 is 9.80 Å². The Bertz CT molecular complexity index is 702. The highest BCUT2D eigenvalue weighted by atomic mass is 32.2. The fraction of sp³-hybridized carbons (Fsp3) is 0.647. The van der Waals surface area contributed by atoms with Gasteiger partial charge in [0.15, 0.2) is 9.84 Å². The first-order valence-electron chi connectivity index (χ1n) is 8.54. The van der Waals surface area contributed by atoms with Crippen LogP contribution in [0.25, 0.3) is 0 Å². The Kier molecular flexibility index (Phi) is 4.80. The predicted octanol–water partition coefficient (Wildman–Crippen LogP) is 1.58. The molecule has 1 aromatic heterocycles. The van der Waals surface area contributed by atoms with Gasteiger partial charge in [-0.25, -0.2) is 13.4 Å². The van der Waals surface area contributed by atoms with Crippen LogP contribution in [0.15, 0.2) is 18.3 Å². The fourth-order valence-electron chi connectivity index (χ4n) is 3.55. The average molecular weight is 351 g/mol. The van der Waals surface area contributed by atoms with Crippen LogP contribution >= 0.6 is 0 Å². The van der Waals surface area contributed by atoms with Gasteiger partial charge in [-0.2, -0.15) is 0 Å². The van der Waals surface area contributed by atoms with Crippen LogP contribution in [0.2, 0.25) is 0 Å². The smallest absolute Gasteiger partial charge is 0.272 e. The Morgan fingerprint density at radius 1 is 1.33 bits per heavy atom. The second-order valence-corrected chi connectivity index (χ2v) is 9.30. The summed E-state index contributed by atoms with van der Waals surface area (Å²) in [6.45, 7) is 3.76. The summed E-state index contributed by atoms with van der Waals surface area (Å²) in [5.74, 6) is 0.964. The van der Waals surface area contributed by atoms with E-state index < -0.39 is 9.84 Å². The molecule has 6 nitrogen and oxygen atoms in total. The van der Waals surface area contributed by atoms with Crippen LogP contribution in [-0.4, -0.2) is 61.9 Å². The van der Waals surface area contributed by atoms with Gasteiger partial charge in [-0.3, -0.25) is 4.79 Å². The Hall–Kier alpha value is -1.63. The number of piperidine rings is 1. The number of carbonyl (C=O) groups excluding carboxylic acids is 1. The molecular weight excluding hydrogens is 326 g/mol. The molecule has 2 unspecified atom stereocenters. The zero-order valence-corrected chi connectivity index (χ0v) is 15.1. The SMILES string of the molecule is CC1CCCN(C(=O)c2ccc(N(C)C3CCS(=O)(=O)C3)cn2)C1. The lowest BCUT2D eigenvalue weighted by molar-refractivity contribution is 0.0677. The normalized spacial score (nSPS) is 26.3. The first kappa shape index (κ1) is 17.2. The average Bonchev–Trinajstić information content (AvgIpc) is 2.93. The van der Waals surface area contributed by atoms with E-state index in [1.807, 2.05) is 22.9 Å². The highest BCUT2D eigenvalue weighted by Crippen LogP contribution is 2.23. The van der Waals surface area contributed by atoms with E-state index in [-0.39, 0.29) is 23.5 Å². The van der Waals surface area contributed by atoms with Gasteiger partial charge in [-0.1, -0.05) is 6.92 Å². The van der Waals surface area contributed by atoms with E-state index in [2.05, 4.69) is 11.9 Å². The maximum absolute atomic E-state index is 12.5. The van der Waals surface area contributed by atoms with E-state index in [0.717, 1.165) is 25.2 Å². The summed E-state index contributed by atoms with van der Waals surface area (Å²) in [5, 5.41) is 0. The number of aromatic nitrogens is 1. The van der Waals surface area contributed by atoms with Gasteiger partial charge >= 0.3 is 0 Å². The maximum atomic E-state index is 12.5. The third kappa shape index (κ3) is 3.71. The summed E-state index contributed by atoms with van der Waals surface area (Å²) in [6.07, 6.45) is 4.53. The van der Waals surface area contributed by atoms with Crippen molar-refractivity contribution in [2.75, 3.05) is 36.5 Å². The summed E-state index contributed by atoms with van der Waals surface area (Å²) >= 11 is 0. The van der Waals surface area contributed by atoms with E-state index in [4.69, 9.17) is 0 Å². The third-order valence-corrected chi connectivity index (χ3v) is 6.82. The largest absolute Gasteiger partial charge is 0.369 e. The van der Waals surface area contributed by atoms with Crippen LogP contribution in [-0.2, 0) is 9.84 Å². The number of hydrogen-bond acceptors (Lipinski definition) is 5. The van der Waals surface area contributed by atoms with Crippen molar-refractivity contribution in [3.8, 4) is 0 Å². The lowest BCUT2D eigenvalue weighted by atomic mass is 10.00. The molecule has 0 spiro atoms. The minimum atomic E-state index is -2.91. The van der Waals surface area contributed by atoms with Gasteiger partial charge in [0.1, 0.15) is 5.69 Å². The molecule has 2 fully saturated rings. The first-order chi connectivity index (χ1) is 11.4. The lowest BCUT2D eigenvalue weighted by Crippen LogP contribution is -2.39. The molecule has 2 saturated heterocycles. The minimum absolute atomic E-state index is 0.0127. The van der Waals surface area contributed by atoms with E-state index in [1.165, 1.54) is 6.42 Å². The summed E-state index contributed by atoms with van der Waals surface area (Å²) in [5.41, 5.74) is 1.31. The molecule has 7 heteroatoms. The van der Waals surface area contributed by atoms with Gasteiger partial charge in [-0.15, -0.1) is 0 Å². The van der Waals surface area contributed by atoms with E-state index in [1.54, 1.807) is 12.3 Å². The van der Waals surface area contributed by atoms with E-state index >= 15 is 0 Å². The molecule has 2 aliphatic heterocycles. The molecule has 0 bridgehead atoms. The number of pyridine rings is 1. The number of sulfone groups is 1. The molecule has 0 saturated carbocycles. The molecule has 1 amide bonds. The molecule has 2 atom stereocenters. The number of likely N-dealkylation sites (tertiary alicyclic amines) is 1. The summed E-state index contributed by atoms with van der Waals surface area (Å²) in [4.78, 5) is 20.7. The molecular formula is C17H25N3O3S. The third-order valence-electron chi connectivity index (χ3n) is 5.07. The minimum Gasteiger partial charge on any atom is -0.369 e. The number of hydrogen-bond donors (Lipinski definition) is 0. The highest BCUT2D eigenvalue weighted by molar-refractivity contribution is 7.91.